The maximum Gasteiger partial charge on any atom is 0.0618 e. The fraction of sp³-hybridized carbons (Fsp3) is 0.667. The fourth-order valence-electron chi connectivity index (χ4n) is 4.07. The summed E-state index contributed by atoms with van der Waals surface area (Å²) in [5.41, 5.74) is 1.33. The third-order valence-electron chi connectivity index (χ3n) is 5.35. The second kappa shape index (κ2) is 8.30. The van der Waals surface area contributed by atoms with E-state index < -0.39 is 0 Å². The molecule has 2 aliphatic heterocycles. The van der Waals surface area contributed by atoms with Crippen LogP contribution >= 0.6 is 12.4 Å². The van der Waals surface area contributed by atoms with Crippen molar-refractivity contribution < 1.29 is 5.11 Å². The van der Waals surface area contributed by atoms with Crippen LogP contribution in [0.15, 0.2) is 30.3 Å². The smallest absolute Gasteiger partial charge is 0.0618 e. The Morgan fingerprint density at radius 1 is 1.18 bits per heavy atom. The molecular weight excluding hydrogens is 296 g/mol. The van der Waals surface area contributed by atoms with Gasteiger partial charge in [0.1, 0.15) is 0 Å². The Morgan fingerprint density at radius 3 is 2.59 bits per heavy atom. The summed E-state index contributed by atoms with van der Waals surface area (Å²) in [6, 6.07) is 10.7. The number of piperidine rings is 1. The van der Waals surface area contributed by atoms with E-state index in [1.807, 2.05) is 0 Å². The van der Waals surface area contributed by atoms with Gasteiger partial charge in [-0.3, -0.25) is 4.90 Å². The third-order valence-corrected chi connectivity index (χ3v) is 5.35. The van der Waals surface area contributed by atoms with E-state index in [4.69, 9.17) is 0 Å². The van der Waals surface area contributed by atoms with Crippen molar-refractivity contribution in [1.82, 2.24) is 10.2 Å². The van der Waals surface area contributed by atoms with Crippen molar-refractivity contribution in [2.45, 2.75) is 37.6 Å². The molecule has 124 valence electrons. The molecule has 1 aromatic rings. The minimum absolute atomic E-state index is 0. The van der Waals surface area contributed by atoms with Crippen LogP contribution in [0.5, 0.6) is 0 Å². The number of nitrogens with zero attached hydrogens (tertiary/aromatic N) is 1. The zero-order chi connectivity index (χ0) is 14.5. The fourth-order valence-corrected chi connectivity index (χ4v) is 4.07. The molecule has 1 aromatic carbocycles. The maximum atomic E-state index is 10.1. The van der Waals surface area contributed by atoms with E-state index in [1.54, 1.807) is 0 Å². The van der Waals surface area contributed by atoms with E-state index >= 15 is 0 Å². The van der Waals surface area contributed by atoms with E-state index in [2.05, 4.69) is 40.5 Å². The molecule has 1 unspecified atom stereocenters. The molecule has 1 atom stereocenters. The maximum absolute atomic E-state index is 10.1. The van der Waals surface area contributed by atoms with Crippen molar-refractivity contribution in [1.29, 1.82) is 0 Å². The number of rotatable bonds is 5. The number of nitrogens with one attached hydrogen (secondary N) is 1. The van der Waals surface area contributed by atoms with Gasteiger partial charge in [-0.05, 0) is 63.2 Å². The number of halogens is 1. The number of aliphatic hydroxyl groups excluding tert-OH is 1. The van der Waals surface area contributed by atoms with Gasteiger partial charge in [0.2, 0.25) is 0 Å². The summed E-state index contributed by atoms with van der Waals surface area (Å²) in [5, 5.41) is 13.6. The lowest BCUT2D eigenvalue weighted by Crippen LogP contribution is -2.51. The van der Waals surface area contributed by atoms with Crippen molar-refractivity contribution in [3.05, 3.63) is 35.9 Å². The van der Waals surface area contributed by atoms with E-state index in [-0.39, 0.29) is 24.6 Å². The van der Waals surface area contributed by atoms with Gasteiger partial charge in [-0.15, -0.1) is 12.4 Å². The molecule has 2 aliphatic rings. The van der Waals surface area contributed by atoms with Crippen LogP contribution in [0.3, 0.4) is 0 Å². The molecule has 2 saturated heterocycles. The van der Waals surface area contributed by atoms with Gasteiger partial charge in [0.05, 0.1) is 6.61 Å². The van der Waals surface area contributed by atoms with Crippen molar-refractivity contribution in [3.8, 4) is 0 Å². The summed E-state index contributed by atoms with van der Waals surface area (Å²) in [7, 11) is 0. The van der Waals surface area contributed by atoms with Gasteiger partial charge in [-0.2, -0.15) is 0 Å². The van der Waals surface area contributed by atoms with Gasteiger partial charge in [0, 0.05) is 12.1 Å². The molecule has 3 rings (SSSR count). The molecule has 2 N–H and O–H groups in total. The second-order valence-electron chi connectivity index (χ2n) is 6.79. The standard InChI is InChI=1S/C18H28N2O.ClH/c21-15-18(13-16-5-2-1-3-6-16)9-4-12-20(18)14-17-7-10-19-11-8-17;/h1-3,5-6,17,19,21H,4,7-15H2;1H. The first-order valence-corrected chi connectivity index (χ1v) is 8.43. The van der Waals surface area contributed by atoms with Crippen LogP contribution in [-0.4, -0.2) is 48.3 Å². The summed E-state index contributed by atoms with van der Waals surface area (Å²) in [5.74, 6) is 0.797. The van der Waals surface area contributed by atoms with Crippen molar-refractivity contribution in [2.24, 2.45) is 5.92 Å². The number of likely N-dealkylation sites (tertiary alicyclic amines) is 1. The van der Waals surface area contributed by atoms with Gasteiger partial charge in [0.25, 0.3) is 0 Å². The predicted molar refractivity (Wildman–Crippen MR) is 93.6 cm³/mol. The highest BCUT2D eigenvalue weighted by Crippen LogP contribution is 2.34. The van der Waals surface area contributed by atoms with E-state index in [0.29, 0.717) is 0 Å². The number of benzene rings is 1. The summed E-state index contributed by atoms with van der Waals surface area (Å²) in [6.07, 6.45) is 5.89. The third kappa shape index (κ3) is 4.02. The monoisotopic (exact) mass is 324 g/mol. The average molecular weight is 325 g/mol. The van der Waals surface area contributed by atoms with Crippen molar-refractivity contribution in [3.63, 3.8) is 0 Å². The van der Waals surface area contributed by atoms with Crippen molar-refractivity contribution >= 4 is 12.4 Å². The quantitative estimate of drug-likeness (QED) is 0.873. The summed E-state index contributed by atoms with van der Waals surface area (Å²) < 4.78 is 0. The predicted octanol–water partition coefficient (Wildman–Crippen LogP) is 2.48. The average Bonchev–Trinajstić information content (AvgIpc) is 2.92. The van der Waals surface area contributed by atoms with Crippen LogP contribution < -0.4 is 5.32 Å². The lowest BCUT2D eigenvalue weighted by molar-refractivity contribution is 0.0480. The van der Waals surface area contributed by atoms with Crippen LogP contribution in [0.4, 0.5) is 0 Å². The Balaban J connectivity index is 0.00000176. The molecule has 0 amide bonds. The Bertz CT molecular complexity index is 436. The lowest BCUT2D eigenvalue weighted by Gasteiger charge is -2.40. The van der Waals surface area contributed by atoms with E-state index in [0.717, 1.165) is 44.9 Å². The molecule has 2 heterocycles. The molecule has 0 spiro atoms. The van der Waals surface area contributed by atoms with Crippen LogP contribution in [0.2, 0.25) is 0 Å². The normalized spacial score (nSPS) is 26.8. The Kier molecular flexibility index (Phi) is 6.69. The van der Waals surface area contributed by atoms with Gasteiger partial charge >= 0.3 is 0 Å². The molecule has 0 saturated carbocycles. The first-order chi connectivity index (χ1) is 10.3. The van der Waals surface area contributed by atoms with Gasteiger partial charge in [0.15, 0.2) is 0 Å². The molecule has 0 radical (unpaired) electrons. The van der Waals surface area contributed by atoms with Gasteiger partial charge < -0.3 is 10.4 Å². The van der Waals surface area contributed by atoms with Crippen LogP contribution in [0, 0.1) is 5.92 Å². The highest BCUT2D eigenvalue weighted by atomic mass is 35.5. The molecule has 3 nitrogen and oxygen atoms in total. The topological polar surface area (TPSA) is 35.5 Å². The van der Waals surface area contributed by atoms with Gasteiger partial charge in [-0.25, -0.2) is 0 Å². The number of hydrogen-bond acceptors (Lipinski definition) is 3. The van der Waals surface area contributed by atoms with E-state index in [9.17, 15) is 5.11 Å². The van der Waals surface area contributed by atoms with Gasteiger partial charge in [-0.1, -0.05) is 30.3 Å². The molecule has 4 heteroatoms. The Hall–Kier alpha value is -0.610. The first-order valence-electron chi connectivity index (χ1n) is 8.43. The van der Waals surface area contributed by atoms with E-state index in [1.165, 1.54) is 24.8 Å². The Morgan fingerprint density at radius 2 is 1.91 bits per heavy atom. The molecule has 0 aliphatic carbocycles. The zero-order valence-corrected chi connectivity index (χ0v) is 14.2. The minimum Gasteiger partial charge on any atom is -0.394 e. The molecule has 2 fully saturated rings. The Labute approximate surface area is 140 Å². The van der Waals surface area contributed by atoms with Crippen LogP contribution in [0.25, 0.3) is 0 Å². The minimum atomic E-state index is -0.0216. The largest absolute Gasteiger partial charge is 0.394 e. The molecule has 22 heavy (non-hydrogen) atoms. The first kappa shape index (κ1) is 17.7. The zero-order valence-electron chi connectivity index (χ0n) is 13.3. The lowest BCUT2D eigenvalue weighted by atomic mass is 9.87. The van der Waals surface area contributed by atoms with Crippen LogP contribution in [0.1, 0.15) is 31.2 Å². The molecular formula is C18H29ClN2O. The summed E-state index contributed by atoms with van der Waals surface area (Å²) in [4.78, 5) is 2.59. The molecule has 0 aromatic heterocycles. The highest BCUT2D eigenvalue weighted by Gasteiger charge is 2.41. The van der Waals surface area contributed by atoms with Crippen molar-refractivity contribution in [2.75, 3.05) is 32.8 Å². The summed E-state index contributed by atoms with van der Waals surface area (Å²) in [6.45, 7) is 4.91. The second-order valence-corrected chi connectivity index (χ2v) is 6.79. The number of hydrogen-bond donors (Lipinski definition) is 2. The molecule has 0 bridgehead atoms. The SMILES string of the molecule is Cl.OCC1(Cc2ccccc2)CCCN1CC1CCNCC1. The number of aliphatic hydroxyl groups is 1. The summed E-state index contributed by atoms with van der Waals surface area (Å²) >= 11 is 0. The van der Waals surface area contributed by atoms with Crippen LogP contribution in [-0.2, 0) is 6.42 Å². The highest BCUT2D eigenvalue weighted by molar-refractivity contribution is 5.85.